The van der Waals surface area contributed by atoms with E-state index in [0.29, 0.717) is 17.2 Å². The summed E-state index contributed by atoms with van der Waals surface area (Å²) in [6.45, 7) is 2.95. The highest BCUT2D eigenvalue weighted by Crippen LogP contribution is 2.23. The van der Waals surface area contributed by atoms with E-state index in [2.05, 4.69) is 33.6 Å². The lowest BCUT2D eigenvalue weighted by atomic mass is 10.2. The van der Waals surface area contributed by atoms with Crippen LogP contribution in [0.5, 0.6) is 0 Å². The molecule has 2 N–H and O–H groups in total. The largest absolute Gasteiger partial charge is 0.370 e. The predicted molar refractivity (Wildman–Crippen MR) is 101 cm³/mol. The average molecular weight is 329 g/mol. The Morgan fingerprint density at radius 3 is 2.52 bits per heavy atom. The molecule has 0 unspecified atom stereocenters. The topological polar surface area (TPSA) is 73.6 Å². The van der Waals surface area contributed by atoms with E-state index in [-0.39, 0.29) is 0 Å². The zero-order valence-corrected chi connectivity index (χ0v) is 14.0. The summed E-state index contributed by atoms with van der Waals surface area (Å²) in [4.78, 5) is 9.22. The highest BCUT2D eigenvalue weighted by atomic mass is 15.1. The first-order valence-electron chi connectivity index (χ1n) is 8.24. The molecular formula is C20H19N5. The van der Waals surface area contributed by atoms with E-state index in [4.69, 9.17) is 5.26 Å². The Morgan fingerprint density at radius 1 is 0.960 bits per heavy atom. The number of nitrogens with zero attached hydrogens (tertiary/aromatic N) is 3. The van der Waals surface area contributed by atoms with Gasteiger partial charge < -0.3 is 10.6 Å². The Kier molecular flexibility index (Phi) is 5.22. The van der Waals surface area contributed by atoms with Gasteiger partial charge in [-0.3, -0.25) is 0 Å². The molecule has 0 saturated heterocycles. The zero-order chi connectivity index (χ0) is 17.5. The van der Waals surface area contributed by atoms with Crippen LogP contribution in [-0.4, -0.2) is 16.5 Å². The lowest BCUT2D eigenvalue weighted by Crippen LogP contribution is -2.05. The third-order valence-corrected chi connectivity index (χ3v) is 3.58. The van der Waals surface area contributed by atoms with Crippen molar-refractivity contribution in [2.45, 2.75) is 13.3 Å². The summed E-state index contributed by atoms with van der Waals surface area (Å²) >= 11 is 0. The molecule has 0 atom stereocenters. The van der Waals surface area contributed by atoms with Crippen LogP contribution in [0.25, 0.3) is 11.4 Å². The third-order valence-electron chi connectivity index (χ3n) is 3.58. The van der Waals surface area contributed by atoms with Crippen LogP contribution in [0, 0.1) is 11.3 Å². The molecule has 0 aliphatic heterocycles. The number of nitriles is 1. The van der Waals surface area contributed by atoms with Crippen LogP contribution < -0.4 is 10.6 Å². The van der Waals surface area contributed by atoms with Gasteiger partial charge in [0.1, 0.15) is 11.6 Å². The van der Waals surface area contributed by atoms with Gasteiger partial charge >= 0.3 is 0 Å². The maximum Gasteiger partial charge on any atom is 0.163 e. The molecule has 0 bridgehead atoms. The Bertz CT molecular complexity index is 884. The molecule has 0 amide bonds. The van der Waals surface area contributed by atoms with Crippen molar-refractivity contribution in [3.8, 4) is 17.5 Å². The maximum atomic E-state index is 9.05. The second kappa shape index (κ2) is 7.93. The SMILES string of the molecule is CCCNc1cc(Nc2cccc(C#N)c2)nc(-c2ccccc2)n1. The molecule has 5 heteroatoms. The molecule has 0 spiro atoms. The molecule has 0 fully saturated rings. The van der Waals surface area contributed by atoms with Crippen molar-refractivity contribution in [1.29, 1.82) is 5.26 Å². The van der Waals surface area contributed by atoms with Gasteiger partial charge in [-0.05, 0) is 24.6 Å². The fraction of sp³-hybridized carbons (Fsp3) is 0.150. The van der Waals surface area contributed by atoms with E-state index in [1.165, 1.54) is 0 Å². The van der Waals surface area contributed by atoms with Gasteiger partial charge in [0, 0.05) is 23.9 Å². The van der Waals surface area contributed by atoms with Crippen LogP contribution in [-0.2, 0) is 0 Å². The summed E-state index contributed by atoms with van der Waals surface area (Å²) in [5.74, 6) is 2.11. The number of nitrogens with one attached hydrogen (secondary N) is 2. The van der Waals surface area contributed by atoms with Crippen molar-refractivity contribution in [2.24, 2.45) is 0 Å². The highest BCUT2D eigenvalue weighted by molar-refractivity contribution is 5.65. The van der Waals surface area contributed by atoms with E-state index in [9.17, 15) is 0 Å². The summed E-state index contributed by atoms with van der Waals surface area (Å²) in [6.07, 6.45) is 1.01. The van der Waals surface area contributed by atoms with Gasteiger partial charge in [0.15, 0.2) is 5.82 Å². The van der Waals surface area contributed by atoms with Crippen LogP contribution in [0.3, 0.4) is 0 Å². The van der Waals surface area contributed by atoms with E-state index in [1.54, 1.807) is 12.1 Å². The first-order valence-corrected chi connectivity index (χ1v) is 8.24. The Hall–Kier alpha value is -3.39. The minimum Gasteiger partial charge on any atom is -0.370 e. The fourth-order valence-electron chi connectivity index (χ4n) is 2.39. The minimum absolute atomic E-state index is 0.603. The Balaban J connectivity index is 1.95. The molecule has 1 heterocycles. The second-order valence-corrected chi connectivity index (χ2v) is 5.57. The highest BCUT2D eigenvalue weighted by Gasteiger charge is 2.07. The van der Waals surface area contributed by atoms with Gasteiger partial charge in [-0.1, -0.05) is 43.3 Å². The molecule has 1 aromatic heterocycles. The van der Waals surface area contributed by atoms with Crippen molar-refractivity contribution >= 4 is 17.3 Å². The number of rotatable bonds is 6. The fourth-order valence-corrected chi connectivity index (χ4v) is 2.39. The Labute approximate surface area is 147 Å². The van der Waals surface area contributed by atoms with Crippen molar-refractivity contribution in [3.63, 3.8) is 0 Å². The lowest BCUT2D eigenvalue weighted by Gasteiger charge is -2.11. The molecule has 0 radical (unpaired) electrons. The number of anilines is 3. The van der Waals surface area contributed by atoms with Gasteiger partial charge in [0.25, 0.3) is 0 Å². The maximum absolute atomic E-state index is 9.05. The Morgan fingerprint density at radius 2 is 1.76 bits per heavy atom. The van der Waals surface area contributed by atoms with Crippen LogP contribution >= 0.6 is 0 Å². The molecular weight excluding hydrogens is 310 g/mol. The zero-order valence-electron chi connectivity index (χ0n) is 14.0. The van der Waals surface area contributed by atoms with Gasteiger partial charge in [-0.2, -0.15) is 5.26 Å². The van der Waals surface area contributed by atoms with Gasteiger partial charge in [-0.15, -0.1) is 0 Å². The molecule has 5 nitrogen and oxygen atoms in total. The summed E-state index contributed by atoms with van der Waals surface area (Å²) in [5, 5.41) is 15.6. The van der Waals surface area contributed by atoms with Gasteiger partial charge in [-0.25, -0.2) is 9.97 Å². The third kappa shape index (κ3) is 4.33. The van der Waals surface area contributed by atoms with E-state index in [0.717, 1.165) is 30.0 Å². The van der Waals surface area contributed by atoms with Gasteiger partial charge in [0.2, 0.25) is 0 Å². The summed E-state index contributed by atoms with van der Waals surface area (Å²) in [5.41, 5.74) is 2.38. The standard InChI is InChI=1S/C20H19N5/c1-2-11-22-18-13-19(23-17-10-6-7-15(12-17)14-21)25-20(24-18)16-8-4-3-5-9-16/h3-10,12-13H,2,11H2,1H3,(H2,22,23,24,25). The summed E-state index contributed by atoms with van der Waals surface area (Å²) < 4.78 is 0. The quantitative estimate of drug-likeness (QED) is 0.692. The number of hydrogen-bond acceptors (Lipinski definition) is 5. The van der Waals surface area contributed by atoms with Crippen molar-refractivity contribution < 1.29 is 0 Å². The van der Waals surface area contributed by atoms with Gasteiger partial charge in [0.05, 0.1) is 11.6 Å². The first kappa shape index (κ1) is 16.5. The molecule has 2 aromatic carbocycles. The molecule has 3 rings (SSSR count). The number of benzene rings is 2. The lowest BCUT2D eigenvalue weighted by molar-refractivity contribution is 0.966. The number of hydrogen-bond donors (Lipinski definition) is 2. The smallest absolute Gasteiger partial charge is 0.163 e. The molecule has 3 aromatic rings. The van der Waals surface area contributed by atoms with E-state index < -0.39 is 0 Å². The minimum atomic E-state index is 0.603. The van der Waals surface area contributed by atoms with Crippen LogP contribution in [0.4, 0.5) is 17.3 Å². The van der Waals surface area contributed by atoms with Crippen LogP contribution in [0.1, 0.15) is 18.9 Å². The van der Waals surface area contributed by atoms with E-state index >= 15 is 0 Å². The van der Waals surface area contributed by atoms with Crippen LogP contribution in [0.2, 0.25) is 0 Å². The molecule has 25 heavy (non-hydrogen) atoms. The van der Waals surface area contributed by atoms with Crippen molar-refractivity contribution in [2.75, 3.05) is 17.2 Å². The predicted octanol–water partition coefficient (Wildman–Crippen LogP) is 4.58. The average Bonchev–Trinajstić information content (AvgIpc) is 2.67. The monoisotopic (exact) mass is 329 g/mol. The molecule has 0 saturated carbocycles. The molecule has 124 valence electrons. The van der Waals surface area contributed by atoms with E-state index in [1.807, 2.05) is 48.5 Å². The first-order chi connectivity index (χ1) is 12.3. The summed E-state index contributed by atoms with van der Waals surface area (Å²) in [7, 11) is 0. The van der Waals surface area contributed by atoms with Crippen molar-refractivity contribution in [3.05, 3.63) is 66.2 Å². The summed E-state index contributed by atoms with van der Waals surface area (Å²) in [6, 6.07) is 21.2. The second-order valence-electron chi connectivity index (χ2n) is 5.57. The molecule has 0 aliphatic rings. The van der Waals surface area contributed by atoms with Crippen molar-refractivity contribution in [1.82, 2.24) is 9.97 Å². The van der Waals surface area contributed by atoms with Crippen LogP contribution in [0.15, 0.2) is 60.7 Å². The normalized spacial score (nSPS) is 10.1. The number of aromatic nitrogens is 2. The molecule has 0 aliphatic carbocycles.